The van der Waals surface area contributed by atoms with E-state index in [2.05, 4.69) is 21.2 Å². The van der Waals surface area contributed by atoms with Gasteiger partial charge in [-0.1, -0.05) is 19.1 Å². The minimum Gasteiger partial charge on any atom is -0.449 e. The van der Waals surface area contributed by atoms with E-state index in [1.807, 2.05) is 19.1 Å². The second-order valence-electron chi connectivity index (χ2n) is 5.21. The van der Waals surface area contributed by atoms with Gasteiger partial charge < -0.3 is 10.1 Å². The molecule has 0 aliphatic heterocycles. The maximum Gasteiger partial charge on any atom is 0.340 e. The van der Waals surface area contributed by atoms with Crippen LogP contribution in [0.3, 0.4) is 0 Å². The van der Waals surface area contributed by atoms with Crippen LogP contribution in [0.1, 0.15) is 29.8 Å². The number of hydrogen-bond donors (Lipinski definition) is 1. The van der Waals surface area contributed by atoms with Gasteiger partial charge in [0.25, 0.3) is 5.91 Å². The van der Waals surface area contributed by atoms with Crippen molar-refractivity contribution in [2.24, 2.45) is 0 Å². The van der Waals surface area contributed by atoms with Crippen LogP contribution in [0, 0.1) is 5.82 Å². The van der Waals surface area contributed by atoms with Crippen LogP contribution in [0.4, 0.5) is 10.1 Å². The highest BCUT2D eigenvalue weighted by Crippen LogP contribution is 2.19. The topological polar surface area (TPSA) is 55.4 Å². The van der Waals surface area contributed by atoms with Crippen LogP contribution in [-0.4, -0.2) is 18.0 Å². The molecule has 0 radical (unpaired) electrons. The van der Waals surface area contributed by atoms with E-state index in [1.165, 1.54) is 19.1 Å². The monoisotopic (exact) mass is 393 g/mol. The van der Waals surface area contributed by atoms with E-state index in [1.54, 1.807) is 12.1 Å². The van der Waals surface area contributed by atoms with E-state index in [4.69, 9.17) is 4.74 Å². The Morgan fingerprint density at radius 1 is 1.21 bits per heavy atom. The Labute approximate surface area is 148 Å². The Balaban J connectivity index is 2.00. The van der Waals surface area contributed by atoms with Gasteiger partial charge >= 0.3 is 5.97 Å². The molecule has 2 rings (SSSR count). The van der Waals surface area contributed by atoms with Crippen LogP contribution >= 0.6 is 15.9 Å². The van der Waals surface area contributed by atoms with Gasteiger partial charge in [-0.05, 0) is 65.2 Å². The molecule has 2 aromatic carbocycles. The van der Waals surface area contributed by atoms with Gasteiger partial charge in [0, 0.05) is 10.2 Å². The maximum atomic E-state index is 13.2. The molecule has 0 bridgehead atoms. The van der Waals surface area contributed by atoms with Crippen molar-refractivity contribution in [1.29, 1.82) is 0 Å². The molecular formula is C18H17BrFNO3. The molecule has 0 aromatic heterocycles. The first-order valence-corrected chi connectivity index (χ1v) is 8.26. The molecule has 0 heterocycles. The van der Waals surface area contributed by atoms with Crippen LogP contribution in [0.15, 0.2) is 46.9 Å². The average Bonchev–Trinajstić information content (AvgIpc) is 2.57. The quantitative estimate of drug-likeness (QED) is 0.768. The first-order chi connectivity index (χ1) is 11.4. The first-order valence-electron chi connectivity index (χ1n) is 7.46. The Hall–Kier alpha value is -2.21. The molecule has 24 heavy (non-hydrogen) atoms. The largest absolute Gasteiger partial charge is 0.449 e. The molecule has 0 saturated heterocycles. The van der Waals surface area contributed by atoms with Gasteiger partial charge in [0.15, 0.2) is 6.10 Å². The fourth-order valence-corrected chi connectivity index (χ4v) is 2.41. The zero-order chi connectivity index (χ0) is 17.7. The predicted molar refractivity (Wildman–Crippen MR) is 93.4 cm³/mol. The minimum atomic E-state index is -1.02. The summed E-state index contributed by atoms with van der Waals surface area (Å²) in [5, 5.41) is 2.67. The highest BCUT2D eigenvalue weighted by Gasteiger charge is 2.21. The zero-order valence-corrected chi connectivity index (χ0v) is 14.9. The summed E-state index contributed by atoms with van der Waals surface area (Å²) < 4.78 is 18.7. The lowest BCUT2D eigenvalue weighted by molar-refractivity contribution is -0.123. The number of benzene rings is 2. The number of aryl methyl sites for hydroxylation is 1. The van der Waals surface area contributed by atoms with Crippen molar-refractivity contribution in [3.63, 3.8) is 0 Å². The summed E-state index contributed by atoms with van der Waals surface area (Å²) in [5.74, 6) is -1.79. The van der Waals surface area contributed by atoms with Crippen LogP contribution in [0.2, 0.25) is 0 Å². The van der Waals surface area contributed by atoms with E-state index in [0.29, 0.717) is 10.2 Å². The SMILES string of the molecule is CCc1ccc(NC(=O)[C@@H](C)OC(=O)c2cc(F)ccc2Br)cc1. The second-order valence-corrected chi connectivity index (χ2v) is 6.07. The highest BCUT2D eigenvalue weighted by molar-refractivity contribution is 9.10. The first kappa shape index (κ1) is 18.1. The third-order valence-corrected chi connectivity index (χ3v) is 4.12. The number of carbonyl (C=O) groups excluding carboxylic acids is 2. The normalized spacial score (nSPS) is 11.7. The predicted octanol–water partition coefficient (Wildman–Crippen LogP) is 4.33. The molecule has 1 atom stereocenters. The van der Waals surface area contributed by atoms with Gasteiger partial charge in [-0.2, -0.15) is 0 Å². The molecule has 126 valence electrons. The Morgan fingerprint density at radius 3 is 2.50 bits per heavy atom. The number of ether oxygens (including phenoxy) is 1. The molecule has 2 aromatic rings. The van der Waals surface area contributed by atoms with Crippen molar-refractivity contribution in [2.75, 3.05) is 5.32 Å². The van der Waals surface area contributed by atoms with E-state index in [9.17, 15) is 14.0 Å². The standard InChI is InChI=1S/C18H17BrFNO3/c1-3-12-4-7-14(8-5-12)21-17(22)11(2)24-18(23)15-10-13(20)6-9-16(15)19/h4-11H,3H2,1-2H3,(H,21,22)/t11-/m1/s1. The molecule has 0 saturated carbocycles. The number of carbonyl (C=O) groups is 2. The van der Waals surface area contributed by atoms with Crippen molar-refractivity contribution in [2.45, 2.75) is 26.4 Å². The van der Waals surface area contributed by atoms with Crippen molar-refractivity contribution in [3.05, 3.63) is 63.9 Å². The third kappa shape index (κ3) is 4.64. The summed E-state index contributed by atoms with van der Waals surface area (Å²) in [5.41, 5.74) is 1.80. The lowest BCUT2D eigenvalue weighted by atomic mass is 10.1. The molecule has 0 aliphatic carbocycles. The van der Waals surface area contributed by atoms with Gasteiger partial charge in [0.2, 0.25) is 0 Å². The zero-order valence-electron chi connectivity index (χ0n) is 13.3. The van der Waals surface area contributed by atoms with E-state index >= 15 is 0 Å². The summed E-state index contributed by atoms with van der Waals surface area (Å²) in [4.78, 5) is 24.2. The Bertz CT molecular complexity index is 746. The summed E-state index contributed by atoms with van der Waals surface area (Å²) in [6, 6.07) is 11.1. The minimum absolute atomic E-state index is 0.0296. The van der Waals surface area contributed by atoms with Crippen molar-refractivity contribution in [3.8, 4) is 0 Å². The number of esters is 1. The second kappa shape index (κ2) is 8.06. The van der Waals surface area contributed by atoms with Crippen LogP contribution in [0.5, 0.6) is 0 Å². The number of hydrogen-bond acceptors (Lipinski definition) is 3. The van der Waals surface area contributed by atoms with E-state index in [0.717, 1.165) is 18.1 Å². The number of rotatable bonds is 5. The molecule has 0 spiro atoms. The Kier molecular flexibility index (Phi) is 6.09. The average molecular weight is 394 g/mol. The van der Waals surface area contributed by atoms with Gasteiger partial charge in [-0.25, -0.2) is 9.18 Å². The van der Waals surface area contributed by atoms with Gasteiger partial charge in [0.1, 0.15) is 5.82 Å². The fraction of sp³-hybridized carbons (Fsp3) is 0.222. The highest BCUT2D eigenvalue weighted by atomic mass is 79.9. The third-order valence-electron chi connectivity index (χ3n) is 3.43. The van der Waals surface area contributed by atoms with E-state index in [-0.39, 0.29) is 5.56 Å². The van der Waals surface area contributed by atoms with Gasteiger partial charge in [-0.3, -0.25) is 4.79 Å². The lowest BCUT2D eigenvalue weighted by Crippen LogP contribution is -2.30. The number of anilines is 1. The summed E-state index contributed by atoms with van der Waals surface area (Å²) in [6.45, 7) is 3.50. The molecule has 1 N–H and O–H groups in total. The molecule has 6 heteroatoms. The lowest BCUT2D eigenvalue weighted by Gasteiger charge is -2.14. The molecule has 0 fully saturated rings. The molecule has 0 aliphatic rings. The van der Waals surface area contributed by atoms with Gasteiger partial charge in [0.05, 0.1) is 5.56 Å². The molecular weight excluding hydrogens is 377 g/mol. The molecule has 0 unspecified atom stereocenters. The van der Waals surface area contributed by atoms with Crippen LogP contribution < -0.4 is 5.32 Å². The maximum absolute atomic E-state index is 13.2. The number of amides is 1. The van der Waals surface area contributed by atoms with Gasteiger partial charge in [-0.15, -0.1) is 0 Å². The molecule has 1 amide bonds. The summed E-state index contributed by atoms with van der Waals surface area (Å²) in [7, 11) is 0. The van der Waals surface area contributed by atoms with Crippen molar-refractivity contribution < 1.29 is 18.7 Å². The summed E-state index contributed by atoms with van der Waals surface area (Å²) in [6.07, 6.45) is -0.108. The van der Waals surface area contributed by atoms with Crippen LogP contribution in [-0.2, 0) is 16.0 Å². The smallest absolute Gasteiger partial charge is 0.340 e. The summed E-state index contributed by atoms with van der Waals surface area (Å²) >= 11 is 3.16. The fourth-order valence-electron chi connectivity index (χ4n) is 2.00. The van der Waals surface area contributed by atoms with Crippen LogP contribution in [0.25, 0.3) is 0 Å². The van der Waals surface area contributed by atoms with Crippen molar-refractivity contribution >= 4 is 33.5 Å². The Morgan fingerprint density at radius 2 is 1.88 bits per heavy atom. The number of halogens is 2. The number of nitrogens with one attached hydrogen (secondary N) is 1. The van der Waals surface area contributed by atoms with Crippen molar-refractivity contribution in [1.82, 2.24) is 0 Å². The molecule has 4 nitrogen and oxygen atoms in total. The van der Waals surface area contributed by atoms with E-state index < -0.39 is 23.8 Å².